The number of hydrogen-bond acceptors (Lipinski definition) is 5. The van der Waals surface area contributed by atoms with Crippen molar-refractivity contribution >= 4 is 21.9 Å². The summed E-state index contributed by atoms with van der Waals surface area (Å²) in [5, 5.41) is 3.33. The zero-order valence-electron chi connectivity index (χ0n) is 14.0. The average molecular weight is 383 g/mol. The van der Waals surface area contributed by atoms with Crippen molar-refractivity contribution < 1.29 is 4.74 Å². The van der Waals surface area contributed by atoms with Gasteiger partial charge < -0.3 is 15.0 Å². The molecular formula is C17H27BrN4O. The zero-order valence-corrected chi connectivity index (χ0v) is 15.6. The lowest BCUT2D eigenvalue weighted by Gasteiger charge is -2.28. The lowest BCUT2D eigenvalue weighted by atomic mass is 9.87. The number of halogens is 1. The summed E-state index contributed by atoms with van der Waals surface area (Å²) in [5.41, 5.74) is 0. The fourth-order valence-electron chi connectivity index (χ4n) is 2.69. The molecule has 0 aliphatic heterocycles. The largest absolute Gasteiger partial charge is 0.374 e. The summed E-state index contributed by atoms with van der Waals surface area (Å²) in [6.45, 7) is 2.64. The van der Waals surface area contributed by atoms with Crippen molar-refractivity contribution in [3.05, 3.63) is 29.0 Å². The van der Waals surface area contributed by atoms with E-state index in [-0.39, 0.29) is 0 Å². The van der Waals surface area contributed by atoms with Crippen LogP contribution in [0.15, 0.2) is 29.0 Å². The van der Waals surface area contributed by atoms with E-state index in [0.717, 1.165) is 37.0 Å². The van der Waals surface area contributed by atoms with Crippen LogP contribution in [-0.2, 0) is 4.74 Å². The van der Waals surface area contributed by atoms with Gasteiger partial charge in [0.25, 0.3) is 0 Å². The van der Waals surface area contributed by atoms with Gasteiger partial charge in [0.15, 0.2) is 0 Å². The van der Waals surface area contributed by atoms with Gasteiger partial charge in [0.2, 0.25) is 5.95 Å². The molecule has 5 nitrogen and oxygen atoms in total. The lowest BCUT2D eigenvalue weighted by Crippen LogP contribution is -2.26. The first-order chi connectivity index (χ1) is 11.1. The third-order valence-electron chi connectivity index (χ3n) is 4.03. The third-order valence-corrected chi connectivity index (χ3v) is 4.44. The van der Waals surface area contributed by atoms with Crippen molar-refractivity contribution in [2.45, 2.75) is 31.8 Å². The third kappa shape index (κ3) is 7.42. The Hall–Kier alpha value is -0.980. The van der Waals surface area contributed by atoms with Crippen LogP contribution < -0.4 is 5.32 Å². The van der Waals surface area contributed by atoms with Gasteiger partial charge in [0.05, 0.1) is 17.2 Å². The molecule has 0 spiro atoms. The molecule has 2 rings (SSSR count). The summed E-state index contributed by atoms with van der Waals surface area (Å²) in [4.78, 5) is 10.6. The number of anilines is 1. The Labute approximate surface area is 147 Å². The number of likely N-dealkylation sites (N-methyl/N-ethyl adjacent to an activating group) is 1. The smallest absolute Gasteiger partial charge is 0.222 e. The van der Waals surface area contributed by atoms with E-state index < -0.39 is 0 Å². The van der Waals surface area contributed by atoms with Gasteiger partial charge in [-0.1, -0.05) is 12.2 Å². The Morgan fingerprint density at radius 3 is 2.57 bits per heavy atom. The molecule has 128 valence electrons. The van der Waals surface area contributed by atoms with Gasteiger partial charge in [-0.25, -0.2) is 9.97 Å². The molecule has 1 aromatic heterocycles. The number of hydrogen-bond donors (Lipinski definition) is 1. The zero-order chi connectivity index (χ0) is 16.5. The number of ether oxygens (including phenoxy) is 1. The molecule has 0 bridgehead atoms. The topological polar surface area (TPSA) is 50.3 Å². The first-order valence-corrected chi connectivity index (χ1v) is 9.05. The summed E-state index contributed by atoms with van der Waals surface area (Å²) in [7, 11) is 4.14. The Morgan fingerprint density at radius 2 is 1.91 bits per heavy atom. The summed E-state index contributed by atoms with van der Waals surface area (Å²) in [6, 6.07) is 0. The van der Waals surface area contributed by atoms with Gasteiger partial charge in [-0.15, -0.1) is 0 Å². The highest BCUT2D eigenvalue weighted by atomic mass is 79.9. The minimum absolute atomic E-state index is 0.416. The fraction of sp³-hybridized carbons (Fsp3) is 0.647. The first-order valence-electron chi connectivity index (χ1n) is 8.26. The van der Waals surface area contributed by atoms with Gasteiger partial charge in [-0.2, -0.15) is 0 Å². The van der Waals surface area contributed by atoms with E-state index in [1.54, 1.807) is 12.4 Å². The molecule has 1 N–H and O–H groups in total. The molecule has 0 atom stereocenters. The molecule has 1 heterocycles. The second kappa shape index (κ2) is 10.0. The molecule has 0 aromatic carbocycles. The maximum Gasteiger partial charge on any atom is 0.222 e. The van der Waals surface area contributed by atoms with Crippen LogP contribution in [0.25, 0.3) is 0 Å². The standard InChI is InChI=1S/C17H27BrN4O/c1-22(2)9-3-4-10-23-16-7-5-14(6-8-16)11-19-17-20-12-15(18)13-21-17/h3-4,12-14,16H,5-11H2,1-2H3,(H,19,20,21)/b4-3+. The van der Waals surface area contributed by atoms with E-state index in [0.29, 0.717) is 18.0 Å². The SMILES string of the molecule is CN(C)C/C=C/COC1CCC(CNc2ncc(Br)cn2)CC1. The summed E-state index contributed by atoms with van der Waals surface area (Å²) >= 11 is 3.34. The van der Waals surface area contributed by atoms with Crippen LogP contribution in [0, 0.1) is 5.92 Å². The average Bonchev–Trinajstić information content (AvgIpc) is 2.55. The Bertz CT molecular complexity index is 470. The van der Waals surface area contributed by atoms with Crippen LogP contribution in [0.1, 0.15) is 25.7 Å². The van der Waals surface area contributed by atoms with Crippen molar-refractivity contribution in [1.82, 2.24) is 14.9 Å². The minimum atomic E-state index is 0.416. The number of aromatic nitrogens is 2. The molecule has 0 radical (unpaired) electrons. The Morgan fingerprint density at radius 1 is 1.22 bits per heavy atom. The minimum Gasteiger partial charge on any atom is -0.374 e. The molecule has 1 fully saturated rings. The Balaban J connectivity index is 1.58. The highest BCUT2D eigenvalue weighted by Crippen LogP contribution is 2.26. The fourth-order valence-corrected chi connectivity index (χ4v) is 2.89. The first kappa shape index (κ1) is 18.4. The molecule has 1 aliphatic rings. The van der Waals surface area contributed by atoms with E-state index in [1.807, 2.05) is 0 Å². The van der Waals surface area contributed by atoms with Gasteiger partial charge in [-0.3, -0.25) is 0 Å². The monoisotopic (exact) mass is 382 g/mol. The number of rotatable bonds is 8. The van der Waals surface area contributed by atoms with Crippen LogP contribution in [-0.4, -0.2) is 54.8 Å². The van der Waals surface area contributed by atoms with Gasteiger partial charge >= 0.3 is 0 Å². The summed E-state index contributed by atoms with van der Waals surface area (Å²) in [6.07, 6.45) is 12.9. The molecular weight excluding hydrogens is 356 g/mol. The molecule has 1 saturated carbocycles. The molecule has 23 heavy (non-hydrogen) atoms. The predicted molar refractivity (Wildman–Crippen MR) is 97.6 cm³/mol. The van der Waals surface area contributed by atoms with Gasteiger partial charge in [0.1, 0.15) is 0 Å². The molecule has 1 aromatic rings. The maximum absolute atomic E-state index is 5.93. The number of nitrogens with zero attached hydrogens (tertiary/aromatic N) is 3. The quantitative estimate of drug-likeness (QED) is 0.698. The predicted octanol–water partition coefficient (Wildman–Crippen LogP) is 3.34. The molecule has 0 amide bonds. The second-order valence-corrected chi connectivity index (χ2v) is 7.23. The van der Waals surface area contributed by atoms with Crippen LogP contribution in [0.3, 0.4) is 0 Å². The normalized spacial score (nSPS) is 21.9. The summed E-state index contributed by atoms with van der Waals surface area (Å²) < 4.78 is 6.84. The highest BCUT2D eigenvalue weighted by Gasteiger charge is 2.21. The van der Waals surface area contributed by atoms with Gasteiger partial charge in [0, 0.05) is 25.5 Å². The van der Waals surface area contributed by atoms with Crippen LogP contribution in [0.2, 0.25) is 0 Å². The van der Waals surface area contributed by atoms with E-state index in [9.17, 15) is 0 Å². The number of nitrogens with one attached hydrogen (secondary N) is 1. The van der Waals surface area contributed by atoms with Gasteiger partial charge in [-0.05, 0) is 61.6 Å². The maximum atomic E-state index is 5.93. The van der Waals surface area contributed by atoms with Crippen molar-refractivity contribution in [1.29, 1.82) is 0 Å². The van der Waals surface area contributed by atoms with E-state index in [4.69, 9.17) is 4.74 Å². The van der Waals surface area contributed by atoms with Crippen LogP contribution in [0.4, 0.5) is 5.95 Å². The Kier molecular flexibility index (Phi) is 7.99. The van der Waals surface area contributed by atoms with E-state index in [1.165, 1.54) is 12.8 Å². The lowest BCUT2D eigenvalue weighted by molar-refractivity contribution is 0.0360. The van der Waals surface area contributed by atoms with Crippen molar-refractivity contribution in [2.24, 2.45) is 5.92 Å². The van der Waals surface area contributed by atoms with Crippen LogP contribution in [0.5, 0.6) is 0 Å². The molecule has 6 heteroatoms. The van der Waals surface area contributed by atoms with Crippen molar-refractivity contribution in [3.8, 4) is 0 Å². The highest BCUT2D eigenvalue weighted by molar-refractivity contribution is 9.10. The summed E-state index contributed by atoms with van der Waals surface area (Å²) in [5.74, 6) is 1.39. The molecule has 0 unspecified atom stereocenters. The molecule has 1 aliphatic carbocycles. The molecule has 0 saturated heterocycles. The van der Waals surface area contributed by atoms with Crippen molar-refractivity contribution in [3.63, 3.8) is 0 Å². The second-order valence-electron chi connectivity index (χ2n) is 6.32. The van der Waals surface area contributed by atoms with E-state index in [2.05, 4.69) is 62.4 Å². The van der Waals surface area contributed by atoms with Crippen LogP contribution >= 0.6 is 15.9 Å². The van der Waals surface area contributed by atoms with E-state index >= 15 is 0 Å². The van der Waals surface area contributed by atoms with Crippen molar-refractivity contribution in [2.75, 3.05) is 39.1 Å².